The molecule has 0 spiro atoms. The first-order chi connectivity index (χ1) is 9.63. The molecule has 0 aliphatic rings. The summed E-state index contributed by atoms with van der Waals surface area (Å²) in [6.45, 7) is 4.03. The van der Waals surface area contributed by atoms with Crippen molar-refractivity contribution in [2.45, 2.75) is 13.8 Å². The molecule has 0 saturated carbocycles. The van der Waals surface area contributed by atoms with Crippen LogP contribution in [-0.4, -0.2) is 14.5 Å². The minimum Gasteiger partial charge on any atom is -0.383 e. The molecule has 5 nitrogen and oxygen atoms in total. The van der Waals surface area contributed by atoms with Crippen molar-refractivity contribution in [3.8, 4) is 11.8 Å². The van der Waals surface area contributed by atoms with Crippen LogP contribution in [-0.2, 0) is 0 Å². The zero-order valence-electron chi connectivity index (χ0n) is 11.3. The van der Waals surface area contributed by atoms with Gasteiger partial charge in [-0.25, -0.2) is 9.97 Å². The molecule has 0 unspecified atom stereocenters. The summed E-state index contributed by atoms with van der Waals surface area (Å²) in [5.41, 5.74) is 10.5. The van der Waals surface area contributed by atoms with Crippen LogP contribution in [0.3, 0.4) is 0 Å². The van der Waals surface area contributed by atoms with Gasteiger partial charge in [0, 0.05) is 11.4 Å². The maximum absolute atomic E-state index is 8.87. The Morgan fingerprint density at radius 2 is 1.85 bits per heavy atom. The van der Waals surface area contributed by atoms with Crippen LogP contribution in [0.25, 0.3) is 16.7 Å². The molecule has 0 aliphatic heterocycles. The third-order valence-corrected chi connectivity index (χ3v) is 3.58. The summed E-state index contributed by atoms with van der Waals surface area (Å²) in [4.78, 5) is 8.40. The zero-order chi connectivity index (χ0) is 14.3. The highest BCUT2D eigenvalue weighted by molar-refractivity contribution is 5.92. The third-order valence-electron chi connectivity index (χ3n) is 3.58. The molecule has 2 N–H and O–H groups in total. The second-order valence-corrected chi connectivity index (χ2v) is 4.66. The number of nitrogens with zero attached hydrogens (tertiary/aromatic N) is 4. The first-order valence-corrected chi connectivity index (χ1v) is 6.22. The van der Waals surface area contributed by atoms with Gasteiger partial charge in [-0.1, -0.05) is 0 Å². The van der Waals surface area contributed by atoms with Crippen LogP contribution in [0, 0.1) is 25.2 Å². The number of nitrogens with two attached hydrogens (primary N) is 1. The molecule has 0 amide bonds. The topological polar surface area (TPSA) is 80.5 Å². The van der Waals surface area contributed by atoms with E-state index in [1.165, 1.54) is 6.33 Å². The smallest absolute Gasteiger partial charge is 0.150 e. The molecule has 5 heteroatoms. The van der Waals surface area contributed by atoms with Crippen molar-refractivity contribution < 1.29 is 0 Å². The Kier molecular flexibility index (Phi) is 2.65. The third kappa shape index (κ3) is 1.62. The molecule has 0 aliphatic carbocycles. The fraction of sp³-hybridized carbons (Fsp3) is 0.133. The molecule has 3 rings (SSSR count). The number of nitrogen functional groups attached to an aromatic ring is 1. The summed E-state index contributed by atoms with van der Waals surface area (Å²) >= 11 is 0. The maximum atomic E-state index is 8.87. The Morgan fingerprint density at radius 1 is 1.15 bits per heavy atom. The van der Waals surface area contributed by atoms with E-state index in [0.717, 1.165) is 28.0 Å². The average molecular weight is 263 g/mol. The second-order valence-electron chi connectivity index (χ2n) is 4.66. The predicted molar refractivity (Wildman–Crippen MR) is 77.5 cm³/mol. The van der Waals surface area contributed by atoms with Crippen molar-refractivity contribution in [1.29, 1.82) is 5.26 Å². The van der Waals surface area contributed by atoms with Crippen LogP contribution in [0.2, 0.25) is 0 Å². The SMILES string of the molecule is Cc1c(C)n(-c2ccc(C#N)cc2)c2ncnc(N)c12. The number of fused-ring (bicyclic) bond motifs is 1. The Labute approximate surface area is 116 Å². The normalized spacial score (nSPS) is 10.7. The van der Waals surface area contributed by atoms with Crippen LogP contribution in [0.15, 0.2) is 30.6 Å². The van der Waals surface area contributed by atoms with Crippen molar-refractivity contribution in [2.24, 2.45) is 0 Å². The van der Waals surface area contributed by atoms with Crippen LogP contribution < -0.4 is 5.73 Å². The number of aryl methyl sites for hydroxylation is 1. The largest absolute Gasteiger partial charge is 0.383 e. The summed E-state index contributed by atoms with van der Waals surface area (Å²) in [6.07, 6.45) is 1.47. The Bertz CT molecular complexity index is 837. The van der Waals surface area contributed by atoms with Crippen molar-refractivity contribution >= 4 is 16.9 Å². The Morgan fingerprint density at radius 3 is 2.50 bits per heavy atom. The number of hydrogen-bond donors (Lipinski definition) is 1. The number of benzene rings is 1. The van der Waals surface area contributed by atoms with Crippen molar-refractivity contribution in [3.63, 3.8) is 0 Å². The van der Waals surface area contributed by atoms with Gasteiger partial charge in [-0.2, -0.15) is 5.26 Å². The highest BCUT2D eigenvalue weighted by Gasteiger charge is 2.16. The van der Waals surface area contributed by atoms with Crippen LogP contribution in [0.5, 0.6) is 0 Å². The lowest BCUT2D eigenvalue weighted by atomic mass is 10.2. The lowest BCUT2D eigenvalue weighted by Crippen LogP contribution is -1.99. The Balaban J connectivity index is 2.33. The summed E-state index contributed by atoms with van der Waals surface area (Å²) in [6, 6.07) is 9.51. The maximum Gasteiger partial charge on any atom is 0.150 e. The van der Waals surface area contributed by atoms with Gasteiger partial charge in [0.15, 0.2) is 5.65 Å². The van der Waals surface area contributed by atoms with E-state index >= 15 is 0 Å². The zero-order valence-corrected chi connectivity index (χ0v) is 11.3. The molecule has 1 aromatic carbocycles. The molecule has 0 fully saturated rings. The first kappa shape index (κ1) is 12.2. The molecular weight excluding hydrogens is 250 g/mol. The minimum atomic E-state index is 0.489. The average Bonchev–Trinajstić information content (AvgIpc) is 2.72. The molecular formula is C15H13N5. The van der Waals surface area contributed by atoms with Gasteiger partial charge >= 0.3 is 0 Å². The van der Waals surface area contributed by atoms with Gasteiger partial charge in [0.05, 0.1) is 17.0 Å². The summed E-state index contributed by atoms with van der Waals surface area (Å²) < 4.78 is 2.03. The van der Waals surface area contributed by atoms with Gasteiger partial charge in [0.25, 0.3) is 0 Å². The van der Waals surface area contributed by atoms with E-state index in [2.05, 4.69) is 16.0 Å². The highest BCUT2D eigenvalue weighted by Crippen LogP contribution is 2.29. The van der Waals surface area contributed by atoms with Gasteiger partial charge < -0.3 is 5.73 Å². The van der Waals surface area contributed by atoms with E-state index in [0.29, 0.717) is 11.4 Å². The van der Waals surface area contributed by atoms with Gasteiger partial charge in [0.1, 0.15) is 12.1 Å². The summed E-state index contributed by atoms with van der Waals surface area (Å²) in [5, 5.41) is 9.76. The van der Waals surface area contributed by atoms with E-state index in [1.54, 1.807) is 12.1 Å². The van der Waals surface area contributed by atoms with Crippen LogP contribution >= 0.6 is 0 Å². The monoisotopic (exact) mass is 263 g/mol. The molecule has 0 saturated heterocycles. The first-order valence-electron chi connectivity index (χ1n) is 6.22. The Hall–Kier alpha value is -2.87. The van der Waals surface area contributed by atoms with Crippen molar-refractivity contribution in [1.82, 2.24) is 14.5 Å². The number of hydrogen-bond acceptors (Lipinski definition) is 4. The van der Waals surface area contributed by atoms with Gasteiger partial charge in [0.2, 0.25) is 0 Å². The molecule has 98 valence electrons. The molecule has 0 atom stereocenters. The standard InChI is InChI=1S/C15H13N5/c1-9-10(2)20(12-5-3-11(7-16)4-6-12)15-13(9)14(17)18-8-19-15/h3-6,8H,1-2H3,(H2,17,18,19). The summed E-state index contributed by atoms with van der Waals surface area (Å²) in [7, 11) is 0. The fourth-order valence-electron chi connectivity index (χ4n) is 2.43. The summed E-state index contributed by atoms with van der Waals surface area (Å²) in [5.74, 6) is 0.489. The van der Waals surface area contributed by atoms with Gasteiger partial charge in [-0.15, -0.1) is 0 Å². The number of nitriles is 1. The van der Waals surface area contributed by atoms with Crippen LogP contribution in [0.4, 0.5) is 5.82 Å². The number of aromatic nitrogens is 3. The molecule has 2 heterocycles. The number of rotatable bonds is 1. The highest BCUT2D eigenvalue weighted by atomic mass is 15.1. The van der Waals surface area contributed by atoms with E-state index in [4.69, 9.17) is 11.0 Å². The lowest BCUT2D eigenvalue weighted by Gasteiger charge is -2.07. The predicted octanol–water partition coefficient (Wildman–Crippen LogP) is 2.49. The van der Waals surface area contributed by atoms with Crippen LogP contribution in [0.1, 0.15) is 16.8 Å². The van der Waals surface area contributed by atoms with E-state index in [-0.39, 0.29) is 0 Å². The quantitative estimate of drug-likeness (QED) is 0.731. The van der Waals surface area contributed by atoms with Crippen molar-refractivity contribution in [3.05, 3.63) is 47.4 Å². The molecule has 2 aromatic heterocycles. The van der Waals surface area contributed by atoms with Gasteiger partial charge in [-0.3, -0.25) is 4.57 Å². The van der Waals surface area contributed by atoms with E-state index in [9.17, 15) is 0 Å². The number of anilines is 1. The van der Waals surface area contributed by atoms with Crippen molar-refractivity contribution in [2.75, 3.05) is 5.73 Å². The second kappa shape index (κ2) is 4.35. The van der Waals surface area contributed by atoms with E-state index < -0.39 is 0 Å². The molecule has 3 aromatic rings. The molecule has 0 bridgehead atoms. The minimum absolute atomic E-state index is 0.489. The lowest BCUT2D eigenvalue weighted by molar-refractivity contribution is 1.01. The van der Waals surface area contributed by atoms with Gasteiger partial charge in [-0.05, 0) is 43.7 Å². The van der Waals surface area contributed by atoms with E-state index in [1.807, 2.05) is 30.5 Å². The fourth-order valence-corrected chi connectivity index (χ4v) is 2.43. The molecule has 20 heavy (non-hydrogen) atoms. The molecule has 0 radical (unpaired) electrons.